The monoisotopic (exact) mass is 778 g/mol. The first-order valence-electron chi connectivity index (χ1n) is 17.2. The van der Waals surface area contributed by atoms with Crippen LogP contribution in [0.3, 0.4) is 0 Å². The molecule has 266 valence electrons. The molecule has 15 heteroatoms. The minimum Gasteiger partial charge on any atom is -0.311 e. The molecule has 4 aromatic heterocycles. The molecule has 6 aromatic rings. The van der Waals surface area contributed by atoms with Gasteiger partial charge in [0.2, 0.25) is 0 Å². The first-order chi connectivity index (χ1) is 25.4. The average molecular weight is 780 g/mol. The minimum atomic E-state index is -0.665. The van der Waals surface area contributed by atoms with E-state index in [9.17, 15) is 9.59 Å². The van der Waals surface area contributed by atoms with Gasteiger partial charge in [-0.2, -0.15) is 0 Å². The molecule has 2 aliphatic rings. The van der Waals surface area contributed by atoms with Crippen LogP contribution in [-0.2, 0) is 9.59 Å². The predicted octanol–water partition coefficient (Wildman–Crippen LogP) is 7.88. The van der Waals surface area contributed by atoms with E-state index in [1.807, 2.05) is 71.5 Å². The smallest absolute Gasteiger partial charge is 0.285 e. The van der Waals surface area contributed by atoms with Gasteiger partial charge in [0, 0.05) is 54.9 Å². The summed E-state index contributed by atoms with van der Waals surface area (Å²) in [7, 11) is -0.287. The summed E-state index contributed by atoms with van der Waals surface area (Å²) in [5.74, 6) is 2.53. The maximum absolute atomic E-state index is 13.9. The Kier molecular flexibility index (Phi) is 9.17. The molecule has 0 spiro atoms. The van der Waals surface area contributed by atoms with E-state index in [0.717, 1.165) is 64.6 Å². The number of carbonyl (C=O) groups excluding carboxylic acids is 2. The summed E-state index contributed by atoms with van der Waals surface area (Å²) in [4.78, 5) is 40.6. The SMILES string of the molecule is Cc1sc2c(c1C)C(c1ccc(Cl)cc1)=NC(CC(=O)BC(=O)CC1N=C(c3ccc(Cl)cc3)c3c(sc(C)c3C)-n3c(C)nnc31)c1nnc(C)n1-2. The van der Waals surface area contributed by atoms with Gasteiger partial charge in [-0.1, -0.05) is 47.5 Å². The maximum atomic E-state index is 13.9. The number of hydrogen-bond acceptors (Lipinski definition) is 10. The van der Waals surface area contributed by atoms with Crippen LogP contribution < -0.4 is 0 Å². The number of carbonyl (C=O) groups is 2. The van der Waals surface area contributed by atoms with Crippen molar-refractivity contribution in [1.29, 1.82) is 0 Å². The molecule has 0 N–H and O–H groups in total. The molecule has 6 heterocycles. The van der Waals surface area contributed by atoms with Crippen molar-refractivity contribution >= 4 is 75.9 Å². The second-order valence-electron chi connectivity index (χ2n) is 13.5. The molecule has 0 saturated heterocycles. The van der Waals surface area contributed by atoms with Gasteiger partial charge in [0.05, 0.1) is 11.4 Å². The molecule has 0 fully saturated rings. The third kappa shape index (κ3) is 6.23. The number of halogens is 2. The molecule has 0 saturated carbocycles. The lowest BCUT2D eigenvalue weighted by molar-refractivity contribution is -0.115. The fraction of sp³-hybridized carbons (Fsp3) is 0.263. The number of fused-ring (bicyclic) bond motifs is 6. The molecular weight excluding hydrogens is 746 g/mol. The van der Waals surface area contributed by atoms with E-state index in [1.165, 1.54) is 0 Å². The van der Waals surface area contributed by atoms with Gasteiger partial charge in [0.1, 0.15) is 45.1 Å². The second kappa shape index (κ2) is 13.7. The van der Waals surface area contributed by atoms with Crippen molar-refractivity contribution in [1.82, 2.24) is 29.5 Å². The van der Waals surface area contributed by atoms with Crippen LogP contribution in [0, 0.1) is 41.5 Å². The molecule has 0 bridgehead atoms. The predicted molar refractivity (Wildman–Crippen MR) is 213 cm³/mol. The quantitative estimate of drug-likeness (QED) is 0.145. The zero-order valence-electron chi connectivity index (χ0n) is 29.9. The van der Waals surface area contributed by atoms with E-state index < -0.39 is 12.1 Å². The maximum Gasteiger partial charge on any atom is 0.285 e. The number of nitrogens with zero attached hydrogens (tertiary/aromatic N) is 8. The van der Waals surface area contributed by atoms with Gasteiger partial charge < -0.3 is 9.59 Å². The fourth-order valence-corrected chi connectivity index (χ4v) is 9.74. The van der Waals surface area contributed by atoms with Gasteiger partial charge in [-0.15, -0.1) is 43.1 Å². The zero-order chi connectivity index (χ0) is 37.3. The normalized spacial score (nSPS) is 16.1. The van der Waals surface area contributed by atoms with Crippen LogP contribution in [-0.4, -0.2) is 59.6 Å². The first kappa shape index (κ1) is 35.5. The molecule has 2 unspecified atom stereocenters. The van der Waals surface area contributed by atoms with E-state index in [2.05, 4.69) is 48.1 Å². The lowest BCUT2D eigenvalue weighted by Gasteiger charge is -2.14. The van der Waals surface area contributed by atoms with Gasteiger partial charge in [0.15, 0.2) is 11.6 Å². The Labute approximate surface area is 324 Å². The molecule has 2 atom stereocenters. The Morgan fingerprint density at radius 3 is 1.38 bits per heavy atom. The number of hydrogen-bond donors (Lipinski definition) is 0. The van der Waals surface area contributed by atoms with Crippen molar-refractivity contribution in [3.8, 4) is 10.0 Å². The summed E-state index contributed by atoms with van der Waals surface area (Å²) in [6.07, 6.45) is -0.0497. The number of aromatic nitrogens is 6. The van der Waals surface area contributed by atoms with Gasteiger partial charge in [-0.05, 0) is 76.9 Å². The highest BCUT2D eigenvalue weighted by atomic mass is 35.5. The van der Waals surface area contributed by atoms with Gasteiger partial charge >= 0.3 is 0 Å². The third-order valence-electron chi connectivity index (χ3n) is 9.95. The Balaban J connectivity index is 1.12. The van der Waals surface area contributed by atoms with Crippen LogP contribution in [0.4, 0.5) is 0 Å². The first-order valence-corrected chi connectivity index (χ1v) is 19.5. The van der Waals surface area contributed by atoms with E-state index in [4.69, 9.17) is 33.2 Å². The molecular formula is C38H33BCl2N8O2S2. The molecule has 10 nitrogen and oxygen atoms in total. The Hall–Kier alpha value is -4.56. The van der Waals surface area contributed by atoms with Crippen LogP contribution in [0.5, 0.6) is 0 Å². The minimum absolute atomic E-state index is 0.0249. The van der Waals surface area contributed by atoms with E-state index in [1.54, 1.807) is 22.7 Å². The molecule has 0 aliphatic carbocycles. The van der Waals surface area contributed by atoms with Gasteiger partial charge in [-0.3, -0.25) is 19.1 Å². The third-order valence-corrected chi connectivity index (χ3v) is 12.8. The van der Waals surface area contributed by atoms with Crippen molar-refractivity contribution in [2.75, 3.05) is 0 Å². The summed E-state index contributed by atoms with van der Waals surface area (Å²) in [6.45, 7) is 12.1. The molecule has 0 radical (unpaired) electrons. The summed E-state index contributed by atoms with van der Waals surface area (Å²) in [5, 5.41) is 21.0. The van der Waals surface area contributed by atoms with Crippen molar-refractivity contribution in [2.24, 2.45) is 9.98 Å². The summed E-state index contributed by atoms with van der Waals surface area (Å²) >= 11 is 15.8. The number of rotatable bonds is 8. The van der Waals surface area contributed by atoms with Crippen molar-refractivity contribution in [3.63, 3.8) is 0 Å². The standard InChI is InChI=1S/C38H33BCl2N8O2S2/c1-17-19(3)52-37-31(17)33(23-7-11-25(40)12-8-23)42-27(35-46-44-21(5)48(35)37)15-29(50)39-30(51)16-28-36-47-45-22(6)49(36)38-32(18(2)20(4)53-38)34(43-28)24-9-13-26(41)14-10-24/h7-14,27-28,39H,15-16H2,1-6H3. The number of thiophene rings is 2. The second-order valence-corrected chi connectivity index (χ2v) is 16.8. The van der Waals surface area contributed by atoms with Crippen LogP contribution in [0.15, 0.2) is 58.5 Å². The van der Waals surface area contributed by atoms with E-state index >= 15 is 0 Å². The summed E-state index contributed by atoms with van der Waals surface area (Å²) in [5.41, 5.74) is 6.92. The Bertz CT molecular complexity index is 2350. The van der Waals surface area contributed by atoms with Crippen molar-refractivity contribution in [3.05, 3.63) is 125 Å². The summed E-state index contributed by atoms with van der Waals surface area (Å²) in [6, 6.07) is 13.8. The fourth-order valence-electron chi connectivity index (χ4n) is 7.06. The highest BCUT2D eigenvalue weighted by Gasteiger charge is 2.35. The van der Waals surface area contributed by atoms with Crippen molar-refractivity contribution in [2.45, 2.75) is 66.5 Å². The Morgan fingerprint density at radius 2 is 1.00 bits per heavy atom. The highest BCUT2D eigenvalue weighted by Crippen LogP contribution is 2.41. The molecule has 2 aromatic carbocycles. The average Bonchev–Trinajstić information content (AvgIpc) is 3.81. The lowest BCUT2D eigenvalue weighted by atomic mass is 9.65. The topological polar surface area (TPSA) is 120 Å². The van der Waals surface area contributed by atoms with Crippen molar-refractivity contribution < 1.29 is 9.59 Å². The summed E-state index contributed by atoms with van der Waals surface area (Å²) < 4.78 is 4.00. The van der Waals surface area contributed by atoms with Crippen LogP contribution in [0.2, 0.25) is 10.0 Å². The molecule has 53 heavy (non-hydrogen) atoms. The number of aliphatic imine (C=N–C) groups is 2. The van der Waals surface area contributed by atoms with Crippen LogP contribution >= 0.6 is 45.9 Å². The van der Waals surface area contributed by atoms with Gasteiger partial charge in [-0.25, -0.2) is 0 Å². The largest absolute Gasteiger partial charge is 0.311 e. The lowest BCUT2D eigenvalue weighted by Crippen LogP contribution is -2.24. The Morgan fingerprint density at radius 1 is 0.623 bits per heavy atom. The number of benzene rings is 2. The molecule has 8 rings (SSSR count). The van der Waals surface area contributed by atoms with Crippen LogP contribution in [0.1, 0.15) is 91.4 Å². The number of aryl methyl sites for hydroxylation is 4. The van der Waals surface area contributed by atoms with E-state index in [0.29, 0.717) is 33.3 Å². The zero-order valence-corrected chi connectivity index (χ0v) is 33.0. The van der Waals surface area contributed by atoms with Crippen LogP contribution in [0.25, 0.3) is 10.0 Å². The van der Waals surface area contributed by atoms with E-state index in [-0.39, 0.29) is 31.5 Å². The molecule has 2 aliphatic heterocycles. The molecule has 0 amide bonds. The highest BCUT2D eigenvalue weighted by molar-refractivity contribution is 7.15. The van der Waals surface area contributed by atoms with Gasteiger partial charge in [0.25, 0.3) is 7.28 Å².